The van der Waals surface area contributed by atoms with Crippen LogP contribution in [0.3, 0.4) is 0 Å². The molecule has 0 radical (unpaired) electrons. The summed E-state index contributed by atoms with van der Waals surface area (Å²) in [5, 5.41) is 7.49. The summed E-state index contributed by atoms with van der Waals surface area (Å²) in [5.41, 5.74) is 0.663. The lowest BCUT2D eigenvalue weighted by Crippen LogP contribution is -2.59. The predicted molar refractivity (Wildman–Crippen MR) is 149 cm³/mol. The van der Waals surface area contributed by atoms with Gasteiger partial charge in [-0.05, 0) is 35.6 Å². The van der Waals surface area contributed by atoms with E-state index in [2.05, 4.69) is 16.0 Å². The first-order valence-corrected chi connectivity index (χ1v) is 13.4. The number of carbonyl (C=O) groups excluding carboxylic acids is 4. The van der Waals surface area contributed by atoms with Crippen LogP contribution < -0.4 is 20.7 Å². The van der Waals surface area contributed by atoms with Crippen molar-refractivity contribution in [2.45, 2.75) is 52.1 Å². The van der Waals surface area contributed by atoms with Crippen molar-refractivity contribution in [2.75, 3.05) is 13.2 Å². The molecule has 0 unspecified atom stereocenters. The minimum atomic E-state index is -4.37. The molecule has 0 aromatic heterocycles. The van der Waals surface area contributed by atoms with Crippen molar-refractivity contribution in [1.82, 2.24) is 16.0 Å². The van der Waals surface area contributed by atoms with E-state index in [-0.39, 0.29) is 24.6 Å². The molecule has 2 aromatic carbocycles. The Labute approximate surface area is 242 Å². The zero-order valence-corrected chi connectivity index (χ0v) is 24.1. The molecule has 12 heteroatoms. The molecule has 8 nitrogen and oxygen atoms in total. The minimum Gasteiger partial charge on any atom is -0.484 e. The van der Waals surface area contributed by atoms with Crippen molar-refractivity contribution in [3.8, 4) is 5.75 Å². The highest BCUT2D eigenvalue weighted by atomic mass is 35.5. The lowest BCUT2D eigenvalue weighted by atomic mass is 9.94. The molecule has 0 saturated heterocycles. The van der Waals surface area contributed by atoms with Gasteiger partial charge in [0, 0.05) is 23.0 Å². The maximum Gasteiger partial charge on any atom is 0.383 e. The van der Waals surface area contributed by atoms with E-state index >= 15 is 0 Å². The number of ether oxygens (including phenoxy) is 1. The van der Waals surface area contributed by atoms with Crippen molar-refractivity contribution in [2.24, 2.45) is 11.8 Å². The summed E-state index contributed by atoms with van der Waals surface area (Å²) < 4.78 is 35.0. The molecule has 2 atom stereocenters. The van der Waals surface area contributed by atoms with Gasteiger partial charge in [-0.3, -0.25) is 19.2 Å². The highest BCUT2D eigenvalue weighted by Crippen LogP contribution is 2.24. The van der Waals surface area contributed by atoms with Crippen molar-refractivity contribution in [3.63, 3.8) is 0 Å². The van der Waals surface area contributed by atoms with Gasteiger partial charge in [0.1, 0.15) is 11.8 Å². The van der Waals surface area contributed by atoms with E-state index in [9.17, 15) is 28.0 Å². The van der Waals surface area contributed by atoms with Gasteiger partial charge in [-0.25, -0.2) is 0 Å². The van der Waals surface area contributed by atoms with Gasteiger partial charge < -0.3 is 20.7 Å². The number of benzene rings is 2. The van der Waals surface area contributed by atoms with Gasteiger partial charge in [0.25, 0.3) is 11.8 Å². The molecule has 2 aromatic rings. The van der Waals surface area contributed by atoms with E-state index in [1.807, 2.05) is 0 Å². The number of halogens is 4. The Hall–Kier alpha value is -3.24. The fraction of sp³-hybridized carbons (Fsp3) is 0.429. The summed E-state index contributed by atoms with van der Waals surface area (Å²) in [6.07, 6.45) is -0.00825. The number of nitrogens with one attached hydrogen (secondary N) is 3. The predicted octanol–water partition coefficient (Wildman–Crippen LogP) is 4.22. The summed E-state index contributed by atoms with van der Waals surface area (Å²) in [5.74, 6) is -10.1. The number of amides is 3. The Morgan fingerprint density at radius 3 is 2.08 bits per heavy atom. The Morgan fingerprint density at radius 1 is 0.925 bits per heavy atom. The van der Waals surface area contributed by atoms with Crippen LogP contribution in [0, 0.1) is 11.8 Å². The quantitative estimate of drug-likeness (QED) is 0.281. The molecule has 0 bridgehead atoms. The van der Waals surface area contributed by atoms with Crippen molar-refractivity contribution >= 4 is 46.7 Å². The average Bonchev–Trinajstić information content (AvgIpc) is 2.88. The van der Waals surface area contributed by atoms with Crippen LogP contribution in [0.1, 0.15) is 33.3 Å². The van der Waals surface area contributed by atoms with Crippen LogP contribution >= 0.6 is 23.2 Å². The molecular weight excluding hydrogens is 567 g/mol. The van der Waals surface area contributed by atoms with Crippen LogP contribution in [-0.2, 0) is 25.6 Å². The van der Waals surface area contributed by atoms with Gasteiger partial charge in [0.05, 0.1) is 6.04 Å². The molecular formula is C28H33Cl2F2N3O5. The number of hydrogen-bond acceptors (Lipinski definition) is 5. The van der Waals surface area contributed by atoms with E-state index in [1.54, 1.807) is 44.2 Å². The first kappa shape index (κ1) is 33.0. The lowest BCUT2D eigenvalue weighted by molar-refractivity contribution is -0.161. The number of carbonyl (C=O) groups is 4. The van der Waals surface area contributed by atoms with Crippen molar-refractivity contribution < 1.29 is 32.7 Å². The molecule has 2 rings (SSSR count). The Kier molecular flexibility index (Phi) is 12.3. The van der Waals surface area contributed by atoms with E-state index in [0.29, 0.717) is 15.6 Å². The van der Waals surface area contributed by atoms with Crippen LogP contribution in [0.25, 0.3) is 0 Å². The topological polar surface area (TPSA) is 114 Å². The third-order valence-corrected chi connectivity index (χ3v) is 6.09. The highest BCUT2D eigenvalue weighted by molar-refractivity contribution is 6.34. The number of alkyl halides is 2. The first-order chi connectivity index (χ1) is 18.7. The lowest BCUT2D eigenvalue weighted by Gasteiger charge is -2.27. The second-order valence-electron chi connectivity index (χ2n) is 9.98. The Morgan fingerprint density at radius 2 is 1.52 bits per heavy atom. The highest BCUT2D eigenvalue weighted by Gasteiger charge is 2.51. The number of rotatable bonds is 14. The summed E-state index contributed by atoms with van der Waals surface area (Å²) >= 11 is 11.9. The third-order valence-electron chi connectivity index (χ3n) is 5.65. The molecule has 0 aliphatic rings. The van der Waals surface area contributed by atoms with E-state index in [1.165, 1.54) is 32.0 Å². The molecule has 218 valence electrons. The van der Waals surface area contributed by atoms with Gasteiger partial charge in [0.15, 0.2) is 6.61 Å². The average molecular weight is 600 g/mol. The monoisotopic (exact) mass is 599 g/mol. The SMILES string of the molecule is CC(C)CNC(=O)C(F)(F)C(=O)[C@@H](NC(=O)[C@H](Cc1ccccc1)NC(=O)COc1cc(Cl)cc(Cl)c1)C(C)C. The molecule has 40 heavy (non-hydrogen) atoms. The second-order valence-corrected chi connectivity index (χ2v) is 10.8. The van der Waals surface area contributed by atoms with Gasteiger partial charge in [-0.15, -0.1) is 0 Å². The molecule has 0 saturated carbocycles. The summed E-state index contributed by atoms with van der Waals surface area (Å²) in [6, 6.07) is 10.1. The number of Topliss-reactive ketones (excluding diaryl/α,β-unsaturated/α-hetero) is 1. The van der Waals surface area contributed by atoms with Gasteiger partial charge in [-0.1, -0.05) is 81.2 Å². The molecule has 0 aliphatic heterocycles. The summed E-state index contributed by atoms with van der Waals surface area (Å²) in [6.45, 7) is 5.80. The summed E-state index contributed by atoms with van der Waals surface area (Å²) in [7, 11) is 0. The fourth-order valence-corrected chi connectivity index (χ4v) is 4.07. The van der Waals surface area contributed by atoms with Gasteiger partial charge >= 0.3 is 5.92 Å². The van der Waals surface area contributed by atoms with E-state index < -0.39 is 54.0 Å². The number of hydrogen-bond donors (Lipinski definition) is 3. The van der Waals surface area contributed by atoms with Crippen LogP contribution in [0.5, 0.6) is 5.75 Å². The maximum absolute atomic E-state index is 14.8. The van der Waals surface area contributed by atoms with Crippen LogP contribution in [0.4, 0.5) is 8.78 Å². The molecule has 0 fully saturated rings. The zero-order valence-electron chi connectivity index (χ0n) is 22.6. The largest absolute Gasteiger partial charge is 0.484 e. The normalized spacial score (nSPS) is 12.9. The number of ketones is 1. The smallest absolute Gasteiger partial charge is 0.383 e. The molecule has 3 N–H and O–H groups in total. The maximum atomic E-state index is 14.8. The van der Waals surface area contributed by atoms with Crippen LogP contribution in [0.2, 0.25) is 10.0 Å². The van der Waals surface area contributed by atoms with Crippen LogP contribution in [0.15, 0.2) is 48.5 Å². The zero-order chi connectivity index (χ0) is 30.0. The fourth-order valence-electron chi connectivity index (χ4n) is 3.56. The third kappa shape index (κ3) is 10.1. The second kappa shape index (κ2) is 14.9. The molecule has 0 heterocycles. The van der Waals surface area contributed by atoms with E-state index in [0.717, 1.165) is 0 Å². The Balaban J connectivity index is 2.19. The van der Waals surface area contributed by atoms with Gasteiger partial charge in [0.2, 0.25) is 11.7 Å². The Bertz CT molecular complexity index is 1180. The van der Waals surface area contributed by atoms with E-state index in [4.69, 9.17) is 27.9 Å². The van der Waals surface area contributed by atoms with Crippen LogP contribution in [-0.4, -0.2) is 54.7 Å². The standard InChI is InChI=1S/C28H33Cl2F2N3O5/c1-16(2)14-33-27(39)28(31,32)25(37)24(17(3)4)35-26(38)22(10-18-8-6-5-7-9-18)34-23(36)15-40-21-12-19(29)11-20(30)13-21/h5-9,11-13,16-17,22,24H,10,14-15H2,1-4H3,(H,33,39)(H,34,36)(H,35,38)/t22-,24-/m0/s1. The van der Waals surface area contributed by atoms with Gasteiger partial charge in [-0.2, -0.15) is 8.78 Å². The summed E-state index contributed by atoms with van der Waals surface area (Å²) in [4.78, 5) is 50.9. The molecule has 0 spiro atoms. The van der Waals surface area contributed by atoms with Crippen molar-refractivity contribution in [3.05, 3.63) is 64.1 Å². The van der Waals surface area contributed by atoms with Crippen molar-refractivity contribution in [1.29, 1.82) is 0 Å². The molecule has 0 aliphatic carbocycles. The minimum absolute atomic E-state index is 0.00825. The molecule has 3 amide bonds. The first-order valence-electron chi connectivity index (χ1n) is 12.6.